The molecule has 1 atom stereocenters. The summed E-state index contributed by atoms with van der Waals surface area (Å²) in [6.45, 7) is 7.59. The van der Waals surface area contributed by atoms with Gasteiger partial charge in [0.05, 0.1) is 6.10 Å². The van der Waals surface area contributed by atoms with Gasteiger partial charge in [0.25, 0.3) is 0 Å². The standard InChI is InChI=1S/C23H37N3O2S/c1-17(2)28-23(27)25-12-9-18(10-13-25)5-4-6-22(24)20-7-8-21-16-26(29-3)14-11-19(21)15-20/h7-8,15,17-18,22H,4-6,9-14,16,24H2,1-3H3. The number of carbonyl (C=O) groups is 1. The van der Waals surface area contributed by atoms with Gasteiger partial charge in [0.1, 0.15) is 0 Å². The summed E-state index contributed by atoms with van der Waals surface area (Å²) in [4.78, 5) is 13.9. The topological polar surface area (TPSA) is 58.8 Å². The van der Waals surface area contributed by atoms with Crippen molar-refractivity contribution in [3.8, 4) is 0 Å². The van der Waals surface area contributed by atoms with Gasteiger partial charge in [-0.25, -0.2) is 9.10 Å². The molecule has 0 radical (unpaired) electrons. The van der Waals surface area contributed by atoms with E-state index in [0.29, 0.717) is 5.92 Å². The quantitative estimate of drug-likeness (QED) is 0.646. The van der Waals surface area contributed by atoms with Crippen LogP contribution in [-0.4, -0.2) is 47.3 Å². The number of ether oxygens (including phenoxy) is 1. The average Bonchev–Trinajstić information content (AvgIpc) is 2.72. The Labute approximate surface area is 180 Å². The number of hydrogen-bond donors (Lipinski definition) is 1. The number of hydrogen-bond acceptors (Lipinski definition) is 5. The lowest BCUT2D eigenvalue weighted by molar-refractivity contribution is 0.0646. The Morgan fingerprint density at radius 2 is 2.00 bits per heavy atom. The predicted octanol–water partition coefficient (Wildman–Crippen LogP) is 4.75. The van der Waals surface area contributed by atoms with Gasteiger partial charge < -0.3 is 15.4 Å². The molecular formula is C23H37N3O2S. The van der Waals surface area contributed by atoms with Crippen LogP contribution in [0.5, 0.6) is 0 Å². The minimum Gasteiger partial charge on any atom is -0.447 e. The minimum absolute atomic E-state index is 0.0465. The molecule has 1 unspecified atom stereocenters. The summed E-state index contributed by atoms with van der Waals surface area (Å²) in [5.74, 6) is 0.700. The smallest absolute Gasteiger partial charge is 0.410 e. The Hall–Kier alpha value is -1.24. The molecule has 0 saturated carbocycles. The van der Waals surface area contributed by atoms with E-state index in [2.05, 4.69) is 28.8 Å². The van der Waals surface area contributed by atoms with Crippen molar-refractivity contribution < 1.29 is 9.53 Å². The van der Waals surface area contributed by atoms with E-state index in [9.17, 15) is 4.79 Å². The van der Waals surface area contributed by atoms with Gasteiger partial charge in [0.2, 0.25) is 0 Å². The third-order valence-electron chi connectivity index (χ3n) is 6.23. The van der Waals surface area contributed by atoms with Crippen LogP contribution in [0.4, 0.5) is 4.79 Å². The fourth-order valence-corrected chi connectivity index (χ4v) is 4.95. The van der Waals surface area contributed by atoms with E-state index < -0.39 is 0 Å². The molecule has 2 heterocycles. The first-order valence-corrected chi connectivity index (χ1v) is 12.3. The molecule has 2 aliphatic rings. The summed E-state index contributed by atoms with van der Waals surface area (Å²) in [5.41, 5.74) is 10.7. The zero-order valence-electron chi connectivity index (χ0n) is 18.2. The number of amides is 1. The van der Waals surface area contributed by atoms with E-state index in [-0.39, 0.29) is 18.2 Å². The van der Waals surface area contributed by atoms with Gasteiger partial charge in [-0.3, -0.25) is 0 Å². The number of likely N-dealkylation sites (tertiary alicyclic amines) is 1. The molecule has 29 heavy (non-hydrogen) atoms. The third kappa shape index (κ3) is 6.37. The highest BCUT2D eigenvalue weighted by atomic mass is 32.2. The summed E-state index contributed by atoms with van der Waals surface area (Å²) >= 11 is 1.83. The fourth-order valence-electron chi connectivity index (χ4n) is 4.41. The molecule has 1 aromatic carbocycles. The fraction of sp³-hybridized carbons (Fsp3) is 0.696. The molecule has 1 fully saturated rings. The van der Waals surface area contributed by atoms with Crippen molar-refractivity contribution in [2.24, 2.45) is 11.7 Å². The van der Waals surface area contributed by atoms with Crippen LogP contribution in [-0.2, 0) is 17.7 Å². The molecule has 2 N–H and O–H groups in total. The first-order valence-electron chi connectivity index (χ1n) is 11.1. The number of rotatable bonds is 7. The lowest BCUT2D eigenvalue weighted by Gasteiger charge is -2.32. The van der Waals surface area contributed by atoms with Gasteiger partial charge >= 0.3 is 6.09 Å². The maximum Gasteiger partial charge on any atom is 0.410 e. The molecular weight excluding hydrogens is 382 g/mol. The van der Waals surface area contributed by atoms with Crippen LogP contribution in [0.15, 0.2) is 18.2 Å². The molecule has 0 bridgehead atoms. The van der Waals surface area contributed by atoms with E-state index in [4.69, 9.17) is 10.5 Å². The van der Waals surface area contributed by atoms with E-state index in [1.54, 1.807) is 0 Å². The molecule has 0 spiro atoms. The van der Waals surface area contributed by atoms with Crippen molar-refractivity contribution in [1.82, 2.24) is 9.21 Å². The molecule has 6 heteroatoms. The van der Waals surface area contributed by atoms with Crippen LogP contribution >= 0.6 is 11.9 Å². The number of nitrogens with two attached hydrogens (primary N) is 1. The van der Waals surface area contributed by atoms with Crippen LogP contribution in [0, 0.1) is 5.92 Å². The molecule has 5 nitrogen and oxygen atoms in total. The normalized spacial score (nSPS) is 19.3. The number of fused-ring (bicyclic) bond motifs is 1. The van der Waals surface area contributed by atoms with E-state index >= 15 is 0 Å². The summed E-state index contributed by atoms with van der Waals surface area (Å²) < 4.78 is 7.72. The van der Waals surface area contributed by atoms with E-state index in [0.717, 1.165) is 58.3 Å². The number of nitrogens with zero attached hydrogens (tertiary/aromatic N) is 2. The van der Waals surface area contributed by atoms with Gasteiger partial charge in [0, 0.05) is 32.2 Å². The highest BCUT2D eigenvalue weighted by molar-refractivity contribution is 7.96. The Morgan fingerprint density at radius 3 is 2.69 bits per heavy atom. The largest absolute Gasteiger partial charge is 0.447 e. The van der Waals surface area contributed by atoms with Crippen molar-refractivity contribution in [2.75, 3.05) is 25.9 Å². The summed E-state index contributed by atoms with van der Waals surface area (Å²) in [7, 11) is 0. The molecule has 3 rings (SSSR count). The molecule has 1 aromatic rings. The zero-order valence-corrected chi connectivity index (χ0v) is 19.0. The summed E-state index contributed by atoms with van der Waals surface area (Å²) in [6.07, 6.45) is 8.60. The second-order valence-electron chi connectivity index (χ2n) is 8.72. The van der Waals surface area contributed by atoms with Gasteiger partial charge in [0.15, 0.2) is 0 Å². The zero-order chi connectivity index (χ0) is 20.8. The van der Waals surface area contributed by atoms with Gasteiger partial charge in [-0.15, -0.1) is 0 Å². The average molecular weight is 420 g/mol. The number of piperidine rings is 1. The molecule has 0 aliphatic carbocycles. The second kappa shape index (κ2) is 10.7. The Bertz CT molecular complexity index is 674. The SMILES string of the molecule is CSN1CCc2cc(C(N)CCCC3CCN(C(=O)OC(C)C)CC3)ccc2C1. The highest BCUT2D eigenvalue weighted by Crippen LogP contribution is 2.28. The summed E-state index contributed by atoms with van der Waals surface area (Å²) in [5, 5.41) is 0. The molecule has 1 saturated heterocycles. The predicted molar refractivity (Wildman–Crippen MR) is 121 cm³/mol. The Balaban J connectivity index is 1.40. The Kier molecular flexibility index (Phi) is 8.27. The second-order valence-corrected chi connectivity index (χ2v) is 9.61. The van der Waals surface area contributed by atoms with E-state index in [1.807, 2.05) is 30.7 Å². The van der Waals surface area contributed by atoms with Gasteiger partial charge in [-0.05, 0) is 68.4 Å². The van der Waals surface area contributed by atoms with Crippen LogP contribution in [0.25, 0.3) is 0 Å². The number of carbonyl (C=O) groups excluding carboxylic acids is 1. The molecule has 2 aliphatic heterocycles. The van der Waals surface area contributed by atoms with Crippen LogP contribution in [0.1, 0.15) is 68.7 Å². The molecule has 0 aromatic heterocycles. The van der Waals surface area contributed by atoms with Crippen LogP contribution in [0.2, 0.25) is 0 Å². The lowest BCUT2D eigenvalue weighted by atomic mass is 9.89. The maximum absolute atomic E-state index is 12.0. The molecule has 1 amide bonds. The first kappa shape index (κ1) is 22.4. The Morgan fingerprint density at radius 1 is 1.24 bits per heavy atom. The van der Waals surface area contributed by atoms with Crippen LogP contribution in [0.3, 0.4) is 0 Å². The van der Waals surface area contributed by atoms with Crippen molar-refractivity contribution in [3.05, 3.63) is 34.9 Å². The van der Waals surface area contributed by atoms with Crippen molar-refractivity contribution in [1.29, 1.82) is 0 Å². The minimum atomic E-state index is -0.159. The first-order chi connectivity index (χ1) is 14.0. The van der Waals surface area contributed by atoms with Crippen molar-refractivity contribution in [3.63, 3.8) is 0 Å². The maximum atomic E-state index is 12.0. The van der Waals surface area contributed by atoms with Gasteiger partial charge in [-0.2, -0.15) is 0 Å². The highest BCUT2D eigenvalue weighted by Gasteiger charge is 2.24. The number of benzene rings is 1. The van der Waals surface area contributed by atoms with Crippen molar-refractivity contribution >= 4 is 18.0 Å². The van der Waals surface area contributed by atoms with Crippen molar-refractivity contribution in [2.45, 2.75) is 71.1 Å². The third-order valence-corrected chi connectivity index (χ3v) is 7.06. The monoisotopic (exact) mass is 419 g/mol. The van der Waals surface area contributed by atoms with Crippen LogP contribution < -0.4 is 5.73 Å². The molecule has 162 valence electrons. The van der Waals surface area contributed by atoms with Gasteiger partial charge in [-0.1, -0.05) is 43.0 Å². The summed E-state index contributed by atoms with van der Waals surface area (Å²) in [6, 6.07) is 6.97. The lowest BCUT2D eigenvalue weighted by Crippen LogP contribution is -2.39. The van der Waals surface area contributed by atoms with E-state index in [1.165, 1.54) is 23.1 Å².